The lowest BCUT2D eigenvalue weighted by molar-refractivity contribution is 0.597. The molecule has 2 rings (SSSR count). The van der Waals surface area contributed by atoms with Gasteiger partial charge in [0.15, 0.2) is 9.84 Å². The summed E-state index contributed by atoms with van der Waals surface area (Å²) in [4.78, 5) is 3.52. The second-order valence-electron chi connectivity index (χ2n) is 4.61. The maximum absolute atomic E-state index is 11.9. The molecule has 1 heterocycles. The fraction of sp³-hybridized carbons (Fsp3) is 0.385. The van der Waals surface area contributed by atoms with Crippen molar-refractivity contribution in [3.63, 3.8) is 0 Å². The molecule has 0 aliphatic heterocycles. The SMILES string of the molecule is CCS(=O)(=O)c1ccc2[nH]cc(CC(C)N)c2c1. The minimum absolute atomic E-state index is 0.0513. The van der Waals surface area contributed by atoms with Crippen LogP contribution in [0.2, 0.25) is 0 Å². The average molecular weight is 266 g/mol. The molecule has 0 saturated carbocycles. The van der Waals surface area contributed by atoms with Gasteiger partial charge in [0.2, 0.25) is 0 Å². The van der Waals surface area contributed by atoms with Crippen LogP contribution in [0.1, 0.15) is 19.4 Å². The van der Waals surface area contributed by atoms with Crippen molar-refractivity contribution in [2.24, 2.45) is 5.73 Å². The van der Waals surface area contributed by atoms with Crippen LogP contribution in [0.4, 0.5) is 0 Å². The van der Waals surface area contributed by atoms with Gasteiger partial charge in [-0.15, -0.1) is 0 Å². The lowest BCUT2D eigenvalue weighted by Crippen LogP contribution is -2.17. The molecule has 0 bridgehead atoms. The van der Waals surface area contributed by atoms with Crippen molar-refractivity contribution in [1.82, 2.24) is 4.98 Å². The fourth-order valence-electron chi connectivity index (χ4n) is 2.03. The number of hydrogen-bond acceptors (Lipinski definition) is 3. The number of fused-ring (bicyclic) bond motifs is 1. The third-order valence-corrected chi connectivity index (χ3v) is 4.75. The number of nitrogens with one attached hydrogen (secondary N) is 1. The second kappa shape index (κ2) is 4.74. The first-order chi connectivity index (χ1) is 8.44. The van der Waals surface area contributed by atoms with Gasteiger partial charge < -0.3 is 10.7 Å². The Morgan fingerprint density at radius 1 is 1.39 bits per heavy atom. The van der Waals surface area contributed by atoms with Crippen LogP contribution < -0.4 is 5.73 Å². The third kappa shape index (κ3) is 2.42. The number of sulfone groups is 1. The largest absolute Gasteiger partial charge is 0.361 e. The van der Waals surface area contributed by atoms with Crippen LogP contribution in [0.5, 0.6) is 0 Å². The Labute approximate surface area is 107 Å². The standard InChI is InChI=1S/C13H18N2O2S/c1-3-18(16,17)11-4-5-13-12(7-11)10(8-15-13)6-9(2)14/h4-5,7-9,15H,3,6,14H2,1-2H3. The van der Waals surface area contributed by atoms with E-state index < -0.39 is 9.84 Å². The number of nitrogens with two attached hydrogens (primary N) is 1. The maximum atomic E-state index is 11.9. The van der Waals surface area contributed by atoms with Crippen LogP contribution in [-0.2, 0) is 16.3 Å². The normalized spacial score (nSPS) is 13.9. The zero-order valence-corrected chi connectivity index (χ0v) is 11.4. The quantitative estimate of drug-likeness (QED) is 0.886. The van der Waals surface area contributed by atoms with E-state index in [0.29, 0.717) is 4.90 Å². The van der Waals surface area contributed by atoms with Crippen molar-refractivity contribution in [2.45, 2.75) is 31.2 Å². The van der Waals surface area contributed by atoms with E-state index in [1.807, 2.05) is 19.2 Å². The van der Waals surface area contributed by atoms with E-state index in [1.54, 1.807) is 19.1 Å². The average Bonchev–Trinajstić information content (AvgIpc) is 2.71. The zero-order valence-electron chi connectivity index (χ0n) is 10.6. The number of rotatable bonds is 4. The zero-order chi connectivity index (χ0) is 13.3. The molecular weight excluding hydrogens is 248 g/mol. The summed E-state index contributed by atoms with van der Waals surface area (Å²) in [5.41, 5.74) is 7.80. The van der Waals surface area contributed by atoms with E-state index in [1.165, 1.54) is 0 Å². The molecule has 0 saturated heterocycles. The first kappa shape index (κ1) is 13.1. The molecule has 3 N–H and O–H groups in total. The molecule has 1 unspecified atom stereocenters. The third-order valence-electron chi connectivity index (χ3n) is 3.02. The molecule has 0 aliphatic carbocycles. The summed E-state index contributed by atoms with van der Waals surface area (Å²) in [6.07, 6.45) is 2.63. The van der Waals surface area contributed by atoms with Gasteiger partial charge in [-0.25, -0.2) is 8.42 Å². The van der Waals surface area contributed by atoms with Crippen molar-refractivity contribution in [3.05, 3.63) is 30.0 Å². The summed E-state index contributed by atoms with van der Waals surface area (Å²) >= 11 is 0. The van der Waals surface area contributed by atoms with Crippen molar-refractivity contribution in [3.8, 4) is 0 Å². The van der Waals surface area contributed by atoms with E-state index in [4.69, 9.17) is 5.73 Å². The molecule has 0 radical (unpaired) electrons. The number of H-pyrrole nitrogens is 1. The predicted molar refractivity (Wildman–Crippen MR) is 73.4 cm³/mol. The van der Waals surface area contributed by atoms with Gasteiger partial charge in [0.25, 0.3) is 0 Å². The van der Waals surface area contributed by atoms with Gasteiger partial charge in [0, 0.05) is 23.1 Å². The Bertz CT molecular complexity index is 657. The minimum Gasteiger partial charge on any atom is -0.361 e. The highest BCUT2D eigenvalue weighted by atomic mass is 32.2. The number of aromatic amines is 1. The van der Waals surface area contributed by atoms with E-state index in [9.17, 15) is 8.42 Å². The Morgan fingerprint density at radius 3 is 2.72 bits per heavy atom. The van der Waals surface area contributed by atoms with Crippen molar-refractivity contribution in [2.75, 3.05) is 5.75 Å². The fourth-order valence-corrected chi connectivity index (χ4v) is 2.94. The van der Waals surface area contributed by atoms with Crippen LogP contribution in [0.15, 0.2) is 29.3 Å². The number of hydrogen-bond donors (Lipinski definition) is 2. The van der Waals surface area contributed by atoms with Gasteiger partial charge in [0.05, 0.1) is 10.6 Å². The molecule has 0 fully saturated rings. The Kier molecular flexibility index (Phi) is 3.45. The molecule has 1 aromatic heterocycles. The molecular formula is C13H18N2O2S. The van der Waals surface area contributed by atoms with E-state index >= 15 is 0 Å². The highest BCUT2D eigenvalue weighted by molar-refractivity contribution is 7.91. The van der Waals surface area contributed by atoms with Gasteiger partial charge in [0.1, 0.15) is 0 Å². The van der Waals surface area contributed by atoms with Crippen molar-refractivity contribution in [1.29, 1.82) is 0 Å². The molecule has 0 aliphatic rings. The summed E-state index contributed by atoms with van der Waals surface area (Å²) in [5.74, 6) is 0.117. The topological polar surface area (TPSA) is 76.0 Å². The van der Waals surface area contributed by atoms with E-state index in [-0.39, 0.29) is 11.8 Å². The van der Waals surface area contributed by atoms with Crippen LogP contribution in [-0.4, -0.2) is 25.2 Å². The second-order valence-corrected chi connectivity index (χ2v) is 6.88. The molecule has 1 atom stereocenters. The summed E-state index contributed by atoms with van der Waals surface area (Å²) in [6, 6.07) is 5.24. The van der Waals surface area contributed by atoms with Gasteiger partial charge in [-0.2, -0.15) is 0 Å². The van der Waals surface area contributed by atoms with E-state index in [0.717, 1.165) is 22.9 Å². The Morgan fingerprint density at radius 2 is 2.11 bits per heavy atom. The first-order valence-corrected chi connectivity index (χ1v) is 7.67. The molecule has 2 aromatic rings. The number of aromatic nitrogens is 1. The van der Waals surface area contributed by atoms with Crippen LogP contribution in [0.3, 0.4) is 0 Å². The van der Waals surface area contributed by atoms with E-state index in [2.05, 4.69) is 4.98 Å². The molecule has 1 aromatic carbocycles. The maximum Gasteiger partial charge on any atom is 0.178 e. The summed E-state index contributed by atoms with van der Waals surface area (Å²) in [6.45, 7) is 3.59. The molecule has 4 nitrogen and oxygen atoms in total. The molecule has 98 valence electrons. The summed E-state index contributed by atoms with van der Waals surface area (Å²) in [7, 11) is -3.16. The molecule has 18 heavy (non-hydrogen) atoms. The highest BCUT2D eigenvalue weighted by Gasteiger charge is 2.14. The van der Waals surface area contributed by atoms with Gasteiger partial charge in [-0.3, -0.25) is 0 Å². The lowest BCUT2D eigenvalue weighted by atomic mass is 10.1. The van der Waals surface area contributed by atoms with Crippen molar-refractivity contribution >= 4 is 20.7 Å². The van der Waals surface area contributed by atoms with Gasteiger partial charge >= 0.3 is 0 Å². The lowest BCUT2D eigenvalue weighted by Gasteiger charge is -2.05. The minimum atomic E-state index is -3.16. The Hall–Kier alpha value is -1.33. The van der Waals surface area contributed by atoms with Crippen LogP contribution in [0, 0.1) is 0 Å². The van der Waals surface area contributed by atoms with Crippen molar-refractivity contribution < 1.29 is 8.42 Å². The van der Waals surface area contributed by atoms with Gasteiger partial charge in [-0.05, 0) is 37.1 Å². The Balaban J connectivity index is 2.55. The molecule has 0 spiro atoms. The predicted octanol–water partition coefficient (Wildman–Crippen LogP) is 1.85. The summed E-state index contributed by atoms with van der Waals surface area (Å²) in [5, 5.41) is 0.946. The molecule has 0 amide bonds. The molecule has 5 heteroatoms. The highest BCUT2D eigenvalue weighted by Crippen LogP contribution is 2.23. The first-order valence-electron chi connectivity index (χ1n) is 6.02. The van der Waals surface area contributed by atoms with Crippen LogP contribution in [0.25, 0.3) is 10.9 Å². The summed E-state index contributed by atoms with van der Waals surface area (Å²) < 4.78 is 23.7. The smallest absolute Gasteiger partial charge is 0.178 e. The number of benzene rings is 1. The van der Waals surface area contributed by atoms with Crippen LogP contribution >= 0.6 is 0 Å². The van der Waals surface area contributed by atoms with Gasteiger partial charge in [-0.1, -0.05) is 6.92 Å². The monoisotopic (exact) mass is 266 g/mol.